The highest BCUT2D eigenvalue weighted by molar-refractivity contribution is 5.80. The maximum atomic E-state index is 13.3. The molecule has 206 valence electrons. The zero-order valence-corrected chi connectivity index (χ0v) is 23.5. The van der Waals surface area contributed by atoms with Gasteiger partial charge in [-0.1, -0.05) is 12.2 Å². The minimum atomic E-state index is -0.235. The van der Waals surface area contributed by atoms with Gasteiger partial charge in [-0.25, -0.2) is 14.3 Å². The van der Waals surface area contributed by atoms with Gasteiger partial charge in [0.2, 0.25) is 12.4 Å². The van der Waals surface area contributed by atoms with Gasteiger partial charge in [0, 0.05) is 56.0 Å². The van der Waals surface area contributed by atoms with Gasteiger partial charge in [0.15, 0.2) is 5.65 Å². The van der Waals surface area contributed by atoms with Crippen LogP contribution in [0.3, 0.4) is 0 Å². The topological polar surface area (TPSA) is 91.5 Å². The molecule has 0 spiro atoms. The van der Waals surface area contributed by atoms with Crippen LogP contribution in [0, 0.1) is 6.92 Å². The molecule has 1 N–H and O–H groups in total. The van der Waals surface area contributed by atoms with Gasteiger partial charge < -0.3 is 20.0 Å². The molecule has 0 radical (unpaired) electrons. The van der Waals surface area contributed by atoms with Crippen LogP contribution >= 0.6 is 0 Å². The molecule has 2 aromatic heterocycles. The maximum Gasteiger partial charge on any atom is 0.278 e. The smallest absolute Gasteiger partial charge is 0.278 e. The summed E-state index contributed by atoms with van der Waals surface area (Å²) in [6, 6.07) is 6.19. The molecule has 0 bridgehead atoms. The lowest BCUT2D eigenvalue weighted by atomic mass is 10.1. The van der Waals surface area contributed by atoms with Crippen molar-refractivity contribution in [2.24, 2.45) is 0 Å². The molecular weight excluding hydrogens is 492 g/mol. The molecule has 3 heterocycles. The van der Waals surface area contributed by atoms with E-state index in [0.29, 0.717) is 22.7 Å². The van der Waals surface area contributed by atoms with E-state index in [-0.39, 0.29) is 18.1 Å². The second-order valence-electron chi connectivity index (χ2n) is 10.0. The molecule has 10 nitrogen and oxygen atoms in total. The molecule has 0 saturated carbocycles. The monoisotopic (exact) mass is 530 g/mol. The molecule has 1 amide bonds. The van der Waals surface area contributed by atoms with E-state index in [1.165, 1.54) is 11.3 Å². The number of rotatable bonds is 10. The molecule has 1 saturated heterocycles. The van der Waals surface area contributed by atoms with Gasteiger partial charge in [0.25, 0.3) is 5.56 Å². The Morgan fingerprint density at radius 1 is 1.23 bits per heavy atom. The summed E-state index contributed by atoms with van der Waals surface area (Å²) < 4.78 is 3.26. The van der Waals surface area contributed by atoms with Gasteiger partial charge >= 0.3 is 0 Å². The van der Waals surface area contributed by atoms with Gasteiger partial charge in [0.05, 0.1) is 12.2 Å². The molecule has 0 aliphatic carbocycles. The van der Waals surface area contributed by atoms with Gasteiger partial charge in [-0.2, -0.15) is 4.98 Å². The lowest BCUT2D eigenvalue weighted by molar-refractivity contribution is -0.117. The zero-order chi connectivity index (χ0) is 28.1. The number of anilines is 3. The van der Waals surface area contributed by atoms with Crippen LogP contribution in [-0.2, 0) is 11.3 Å². The molecule has 39 heavy (non-hydrogen) atoms. The number of likely N-dealkylation sites (N-methyl/N-ethyl adjacent to an activating group) is 1. The molecule has 4 rings (SSSR count). The summed E-state index contributed by atoms with van der Waals surface area (Å²) >= 11 is 0. The molecule has 3 aromatic rings. The van der Waals surface area contributed by atoms with Crippen molar-refractivity contribution in [2.45, 2.75) is 40.3 Å². The third-order valence-corrected chi connectivity index (χ3v) is 6.86. The zero-order valence-electron chi connectivity index (χ0n) is 23.5. The second kappa shape index (κ2) is 12.1. The fourth-order valence-electron chi connectivity index (χ4n) is 4.70. The molecule has 1 aliphatic rings. The number of nitrogens with zero attached hydrogens (tertiary/aromatic N) is 7. The minimum Gasteiger partial charge on any atom is -0.369 e. The molecule has 0 unspecified atom stereocenters. The Labute approximate surface area is 229 Å². The number of aryl methyl sites for hydroxylation is 1. The number of fused-ring (bicyclic) bond motifs is 1. The van der Waals surface area contributed by atoms with E-state index in [2.05, 4.69) is 52.8 Å². The maximum absolute atomic E-state index is 13.3. The summed E-state index contributed by atoms with van der Waals surface area (Å²) in [4.78, 5) is 40.6. The first-order chi connectivity index (χ1) is 18.8. The number of benzene rings is 1. The SMILES string of the molecule is C=CCn1c(=O)c2cnc(Nc3ccc(N4CCN(C)CC4)c(C)c3)nc2n1C(/C=C\C)=C/N(C=O)C(C)C. The standard InChI is InChI=1S/C29H38N8O2/c1-7-9-24(19-35(20-38)21(3)4)37-27-25(28(39)36(37)12-8-2)18-30-29(32-27)31-23-10-11-26(22(5)17-23)34-15-13-33(6)14-16-34/h7-11,17-21H,2,12-16H2,1,3-6H3,(H,30,31,32)/b9-7-,24-19+. The minimum absolute atomic E-state index is 0.0620. The Balaban J connectivity index is 1.75. The first-order valence-corrected chi connectivity index (χ1v) is 13.3. The Morgan fingerprint density at radius 2 is 1.97 bits per heavy atom. The van der Waals surface area contributed by atoms with Crippen LogP contribution in [0.5, 0.6) is 0 Å². The van der Waals surface area contributed by atoms with E-state index >= 15 is 0 Å². The van der Waals surface area contributed by atoms with E-state index < -0.39 is 0 Å². The summed E-state index contributed by atoms with van der Waals surface area (Å²) in [6.07, 6.45) is 9.38. The summed E-state index contributed by atoms with van der Waals surface area (Å²) in [5.41, 5.74) is 4.07. The molecule has 10 heteroatoms. The summed E-state index contributed by atoms with van der Waals surface area (Å²) in [6.45, 7) is 16.0. The van der Waals surface area contributed by atoms with E-state index in [9.17, 15) is 9.59 Å². The lowest BCUT2D eigenvalue weighted by Gasteiger charge is -2.35. The molecule has 1 aliphatic heterocycles. The third kappa shape index (κ3) is 5.96. The van der Waals surface area contributed by atoms with Crippen LogP contribution in [0.25, 0.3) is 16.7 Å². The van der Waals surface area contributed by atoms with Crippen LogP contribution in [0.15, 0.2) is 60.2 Å². The van der Waals surface area contributed by atoms with E-state index in [4.69, 9.17) is 4.98 Å². The summed E-state index contributed by atoms with van der Waals surface area (Å²) in [7, 11) is 2.15. The first-order valence-electron chi connectivity index (χ1n) is 13.3. The van der Waals surface area contributed by atoms with E-state index in [1.54, 1.807) is 32.7 Å². The highest BCUT2D eigenvalue weighted by Crippen LogP contribution is 2.26. The van der Waals surface area contributed by atoms with Crippen molar-refractivity contribution in [3.8, 4) is 0 Å². The first kappa shape index (κ1) is 27.8. The summed E-state index contributed by atoms with van der Waals surface area (Å²) in [5.74, 6) is 0.370. The predicted octanol–water partition coefficient (Wildman–Crippen LogP) is 3.82. The fraction of sp³-hybridized carbons (Fsp3) is 0.379. The molecule has 1 fully saturated rings. The normalized spacial score (nSPS) is 14.9. The van der Waals surface area contributed by atoms with Gasteiger partial charge in [-0.15, -0.1) is 6.58 Å². The Hall–Kier alpha value is -4.18. The van der Waals surface area contributed by atoms with Crippen molar-refractivity contribution < 1.29 is 4.79 Å². The van der Waals surface area contributed by atoms with Crippen LogP contribution in [-0.4, -0.2) is 74.8 Å². The number of nitrogens with one attached hydrogen (secondary N) is 1. The number of amides is 1. The van der Waals surface area contributed by atoms with Crippen LogP contribution in [0.2, 0.25) is 0 Å². The van der Waals surface area contributed by atoms with Gasteiger partial charge in [0.1, 0.15) is 5.39 Å². The highest BCUT2D eigenvalue weighted by Gasteiger charge is 2.19. The molecule has 0 atom stereocenters. The van der Waals surface area contributed by atoms with Gasteiger partial charge in [-0.3, -0.25) is 9.59 Å². The van der Waals surface area contributed by atoms with Crippen LogP contribution in [0.4, 0.5) is 17.3 Å². The number of hydrogen-bond acceptors (Lipinski definition) is 7. The number of aromatic nitrogens is 4. The Bertz CT molecular complexity index is 1460. The predicted molar refractivity (Wildman–Crippen MR) is 158 cm³/mol. The quantitative estimate of drug-likeness (QED) is 0.242. The fourth-order valence-corrected chi connectivity index (χ4v) is 4.70. The number of carbonyl (C=O) groups excluding carboxylic acids is 1. The number of piperazine rings is 1. The van der Waals surface area contributed by atoms with E-state index in [0.717, 1.165) is 38.3 Å². The average molecular weight is 531 g/mol. The average Bonchev–Trinajstić information content (AvgIpc) is 3.18. The lowest BCUT2D eigenvalue weighted by Crippen LogP contribution is -2.44. The van der Waals surface area contributed by atoms with Gasteiger partial charge in [-0.05, 0) is 64.6 Å². The van der Waals surface area contributed by atoms with Crippen molar-refractivity contribution in [2.75, 3.05) is 43.4 Å². The third-order valence-electron chi connectivity index (χ3n) is 6.86. The number of carbonyl (C=O) groups is 1. The van der Waals surface area contributed by atoms with Crippen molar-refractivity contribution in [1.82, 2.24) is 29.1 Å². The van der Waals surface area contributed by atoms with Crippen molar-refractivity contribution in [3.05, 3.63) is 71.3 Å². The van der Waals surface area contributed by atoms with Crippen molar-refractivity contribution in [3.63, 3.8) is 0 Å². The number of hydrogen-bond donors (Lipinski definition) is 1. The number of allylic oxidation sites excluding steroid dienone is 4. The molecular formula is C29H38N8O2. The molecule has 1 aromatic carbocycles. The second-order valence-corrected chi connectivity index (χ2v) is 10.0. The highest BCUT2D eigenvalue weighted by atomic mass is 16.1. The van der Waals surface area contributed by atoms with Crippen LogP contribution < -0.4 is 15.8 Å². The van der Waals surface area contributed by atoms with Crippen molar-refractivity contribution >= 4 is 40.5 Å². The van der Waals surface area contributed by atoms with E-state index in [1.807, 2.05) is 39.0 Å². The largest absolute Gasteiger partial charge is 0.369 e. The summed E-state index contributed by atoms with van der Waals surface area (Å²) in [5, 5.41) is 3.68. The Morgan fingerprint density at radius 3 is 2.59 bits per heavy atom. The van der Waals surface area contributed by atoms with Crippen molar-refractivity contribution in [1.29, 1.82) is 0 Å². The van der Waals surface area contributed by atoms with Crippen LogP contribution in [0.1, 0.15) is 26.3 Å². The Kier molecular flexibility index (Phi) is 8.65.